The Morgan fingerprint density at radius 3 is 2.50 bits per heavy atom. The Morgan fingerprint density at radius 1 is 1.03 bits per heavy atom. The summed E-state index contributed by atoms with van der Waals surface area (Å²) in [4.78, 5) is 39.8. The molecule has 0 unspecified atom stereocenters. The van der Waals surface area contributed by atoms with E-state index in [2.05, 4.69) is 10.4 Å². The van der Waals surface area contributed by atoms with Gasteiger partial charge in [-0.25, -0.2) is 4.68 Å². The highest BCUT2D eigenvalue weighted by molar-refractivity contribution is 6.01. The van der Waals surface area contributed by atoms with Gasteiger partial charge in [0.2, 0.25) is 17.4 Å². The first-order chi connectivity index (χ1) is 17.4. The third kappa shape index (κ3) is 3.52. The molecule has 2 amide bonds. The largest absolute Gasteiger partial charge is 0.350 e. The number of aromatic nitrogens is 3. The molecule has 182 valence electrons. The van der Waals surface area contributed by atoms with Crippen LogP contribution in [0.15, 0.2) is 77.9 Å². The Morgan fingerprint density at radius 2 is 1.78 bits per heavy atom. The van der Waals surface area contributed by atoms with Gasteiger partial charge in [0.25, 0.3) is 0 Å². The summed E-state index contributed by atoms with van der Waals surface area (Å²) in [6.45, 7) is 2.03. The molecule has 1 aliphatic heterocycles. The zero-order valence-electron chi connectivity index (χ0n) is 20.2. The first kappa shape index (κ1) is 22.3. The van der Waals surface area contributed by atoms with Crippen LogP contribution in [0, 0.1) is 5.92 Å². The fourth-order valence-corrected chi connectivity index (χ4v) is 5.29. The number of aryl methyl sites for hydroxylation is 1. The van der Waals surface area contributed by atoms with Gasteiger partial charge in [-0.2, -0.15) is 5.10 Å². The van der Waals surface area contributed by atoms with E-state index < -0.39 is 5.54 Å². The van der Waals surface area contributed by atoms with Crippen molar-refractivity contribution in [3.05, 3.63) is 89.0 Å². The van der Waals surface area contributed by atoms with Gasteiger partial charge >= 0.3 is 0 Å². The molecule has 4 aromatic rings. The zero-order chi connectivity index (χ0) is 25.0. The molecule has 0 bridgehead atoms. The lowest BCUT2D eigenvalue weighted by Crippen LogP contribution is -2.53. The minimum atomic E-state index is -0.746. The molecule has 0 spiro atoms. The molecular formula is C28H27N5O3. The van der Waals surface area contributed by atoms with Crippen LogP contribution in [-0.2, 0) is 22.2 Å². The van der Waals surface area contributed by atoms with Crippen LogP contribution < -0.4 is 15.8 Å². The average Bonchev–Trinajstić information content (AvgIpc) is 3.60. The number of anilines is 1. The second-order valence-corrected chi connectivity index (χ2v) is 9.92. The predicted octanol–water partition coefficient (Wildman–Crippen LogP) is 3.27. The minimum Gasteiger partial charge on any atom is -0.350 e. The maximum atomic E-state index is 13.5. The van der Waals surface area contributed by atoms with Crippen LogP contribution in [0.25, 0.3) is 16.6 Å². The standard InChI is InChI=1S/C28H27N5O3/c1-28(20-6-4-3-5-7-20)24(30-27(36)18-8-9-18)15-26(35)32(28)21-10-12-23-19(14-21)16-29-33(23)22-11-13-25(34)31(2)17-22/h3-7,10-14,16-18,24H,8-9,15H2,1-2H3,(H,30,36)/t24-,28+/m0/s1. The molecule has 36 heavy (non-hydrogen) atoms. The summed E-state index contributed by atoms with van der Waals surface area (Å²) in [6.07, 6.45) is 5.56. The Labute approximate surface area is 208 Å². The number of carbonyl (C=O) groups is 2. The second kappa shape index (κ2) is 8.19. The number of benzene rings is 2. The molecule has 3 heterocycles. The highest BCUT2D eigenvalue weighted by Gasteiger charge is 2.52. The monoisotopic (exact) mass is 481 g/mol. The quantitative estimate of drug-likeness (QED) is 0.474. The van der Waals surface area contributed by atoms with E-state index in [1.54, 1.807) is 30.2 Å². The molecule has 8 nitrogen and oxygen atoms in total. The molecule has 8 heteroatoms. The average molecular weight is 482 g/mol. The summed E-state index contributed by atoms with van der Waals surface area (Å²) < 4.78 is 3.29. The molecule has 2 atom stereocenters. The first-order valence-electron chi connectivity index (χ1n) is 12.2. The highest BCUT2D eigenvalue weighted by atomic mass is 16.2. The lowest BCUT2D eigenvalue weighted by molar-refractivity contribution is -0.123. The fourth-order valence-electron chi connectivity index (χ4n) is 5.29. The van der Waals surface area contributed by atoms with Crippen molar-refractivity contribution in [3.63, 3.8) is 0 Å². The van der Waals surface area contributed by atoms with Gasteiger partial charge < -0.3 is 14.8 Å². The number of amides is 2. The number of nitrogens with one attached hydrogen (secondary N) is 1. The van der Waals surface area contributed by atoms with Crippen LogP contribution in [0.2, 0.25) is 0 Å². The van der Waals surface area contributed by atoms with Crippen molar-refractivity contribution in [1.29, 1.82) is 0 Å². The minimum absolute atomic E-state index is 0.0331. The third-order valence-electron chi connectivity index (χ3n) is 7.52. The molecule has 2 aliphatic rings. The van der Waals surface area contributed by atoms with Crippen molar-refractivity contribution >= 4 is 28.4 Å². The van der Waals surface area contributed by atoms with Gasteiger partial charge in [0.15, 0.2) is 0 Å². The SMILES string of the molecule is Cn1cc(-n2ncc3cc(N4C(=O)C[C@H](NC(=O)C5CC5)[C@@]4(C)c4ccccc4)ccc32)ccc1=O. The van der Waals surface area contributed by atoms with E-state index in [4.69, 9.17) is 0 Å². The van der Waals surface area contributed by atoms with Gasteiger partial charge in [-0.05, 0) is 49.6 Å². The van der Waals surface area contributed by atoms with Crippen LogP contribution in [0.1, 0.15) is 31.7 Å². The van der Waals surface area contributed by atoms with Crippen LogP contribution in [0.3, 0.4) is 0 Å². The van der Waals surface area contributed by atoms with Crippen molar-refractivity contribution < 1.29 is 9.59 Å². The lowest BCUT2D eigenvalue weighted by atomic mass is 9.84. The van der Waals surface area contributed by atoms with E-state index in [1.165, 1.54) is 10.6 Å². The van der Waals surface area contributed by atoms with Crippen molar-refractivity contribution in [2.24, 2.45) is 13.0 Å². The van der Waals surface area contributed by atoms with Crippen LogP contribution >= 0.6 is 0 Å². The van der Waals surface area contributed by atoms with E-state index in [0.29, 0.717) is 0 Å². The van der Waals surface area contributed by atoms with Crippen molar-refractivity contribution in [2.75, 3.05) is 4.90 Å². The normalized spacial score (nSPS) is 21.8. The van der Waals surface area contributed by atoms with E-state index in [9.17, 15) is 14.4 Å². The Hall–Kier alpha value is -4.20. The smallest absolute Gasteiger partial charge is 0.250 e. The predicted molar refractivity (Wildman–Crippen MR) is 137 cm³/mol. The summed E-state index contributed by atoms with van der Waals surface area (Å²) in [5, 5.41) is 8.60. The third-order valence-corrected chi connectivity index (χ3v) is 7.52. The number of hydrogen-bond acceptors (Lipinski definition) is 4. The van der Waals surface area contributed by atoms with Gasteiger partial charge in [0, 0.05) is 36.3 Å². The molecule has 6 rings (SSSR count). The zero-order valence-corrected chi connectivity index (χ0v) is 20.2. The molecule has 1 saturated carbocycles. The summed E-state index contributed by atoms with van der Waals surface area (Å²) >= 11 is 0. The molecule has 2 aromatic heterocycles. The van der Waals surface area contributed by atoms with Gasteiger partial charge in [0.1, 0.15) is 0 Å². The number of nitrogens with zero attached hydrogens (tertiary/aromatic N) is 4. The second-order valence-electron chi connectivity index (χ2n) is 9.92. The van der Waals surface area contributed by atoms with Gasteiger partial charge in [-0.15, -0.1) is 0 Å². The molecule has 1 saturated heterocycles. The fraction of sp³-hybridized carbons (Fsp3) is 0.286. The maximum Gasteiger partial charge on any atom is 0.250 e. The number of rotatable bonds is 5. The first-order valence-corrected chi connectivity index (χ1v) is 12.2. The van der Waals surface area contributed by atoms with Crippen LogP contribution in [0.4, 0.5) is 5.69 Å². The van der Waals surface area contributed by atoms with Crippen molar-refractivity contribution in [1.82, 2.24) is 19.7 Å². The highest BCUT2D eigenvalue weighted by Crippen LogP contribution is 2.44. The maximum absolute atomic E-state index is 13.5. The number of carbonyl (C=O) groups excluding carboxylic acids is 2. The van der Waals surface area contributed by atoms with E-state index in [0.717, 1.165) is 40.7 Å². The molecule has 0 radical (unpaired) electrons. The summed E-state index contributed by atoms with van der Waals surface area (Å²) in [5.74, 6) is 0.0619. The van der Waals surface area contributed by atoms with Gasteiger partial charge in [-0.1, -0.05) is 30.3 Å². The molecule has 2 fully saturated rings. The van der Waals surface area contributed by atoms with E-state index in [1.807, 2.05) is 60.4 Å². The Balaban J connectivity index is 1.42. The van der Waals surface area contributed by atoms with Crippen LogP contribution in [0.5, 0.6) is 0 Å². The molecule has 1 aliphatic carbocycles. The molecular weight excluding hydrogens is 454 g/mol. The number of pyridine rings is 1. The summed E-state index contributed by atoms with van der Waals surface area (Å²) in [7, 11) is 1.71. The number of hydrogen-bond donors (Lipinski definition) is 1. The van der Waals surface area contributed by atoms with E-state index >= 15 is 0 Å². The van der Waals surface area contributed by atoms with Gasteiger partial charge in [-0.3, -0.25) is 14.4 Å². The van der Waals surface area contributed by atoms with Crippen molar-refractivity contribution in [3.8, 4) is 5.69 Å². The number of fused-ring (bicyclic) bond motifs is 1. The molecule has 2 aromatic carbocycles. The Bertz CT molecular complexity index is 1550. The lowest BCUT2D eigenvalue weighted by Gasteiger charge is -2.40. The molecule has 1 N–H and O–H groups in total. The van der Waals surface area contributed by atoms with Crippen LogP contribution in [-0.4, -0.2) is 32.2 Å². The van der Waals surface area contributed by atoms with E-state index in [-0.39, 0.29) is 35.8 Å². The van der Waals surface area contributed by atoms with Gasteiger partial charge in [0.05, 0.1) is 35.4 Å². The van der Waals surface area contributed by atoms with Crippen molar-refractivity contribution in [2.45, 2.75) is 37.8 Å². The summed E-state index contributed by atoms with van der Waals surface area (Å²) in [5.41, 5.74) is 2.52. The summed E-state index contributed by atoms with van der Waals surface area (Å²) in [6, 6.07) is 18.6. The topological polar surface area (TPSA) is 89.2 Å². The Kier molecular flexibility index (Phi) is 5.07.